The van der Waals surface area contributed by atoms with Crippen LogP contribution in [0.3, 0.4) is 0 Å². The summed E-state index contributed by atoms with van der Waals surface area (Å²) >= 11 is 12.5. The largest absolute Gasteiger partial charge is 0.505 e. The van der Waals surface area contributed by atoms with Gasteiger partial charge in [0.1, 0.15) is 17.0 Å². The third-order valence-electron chi connectivity index (χ3n) is 3.91. The van der Waals surface area contributed by atoms with Crippen molar-refractivity contribution in [1.29, 1.82) is 5.26 Å². The van der Waals surface area contributed by atoms with Gasteiger partial charge in [-0.25, -0.2) is 14.2 Å². The SMILES string of the molecule is CCOC(=O)c1nc(C#N)c2c(c1O)c(Cl)c(Cl)n2Cc1ccccc1F. The van der Waals surface area contributed by atoms with Crippen LogP contribution < -0.4 is 0 Å². The van der Waals surface area contributed by atoms with E-state index in [1.54, 1.807) is 25.1 Å². The van der Waals surface area contributed by atoms with Crippen LogP contribution in [0, 0.1) is 17.1 Å². The molecule has 0 amide bonds. The monoisotopic (exact) mass is 407 g/mol. The molecule has 0 radical (unpaired) electrons. The highest BCUT2D eigenvalue weighted by molar-refractivity contribution is 6.46. The summed E-state index contributed by atoms with van der Waals surface area (Å²) in [4.78, 5) is 15.9. The van der Waals surface area contributed by atoms with Gasteiger partial charge in [0.25, 0.3) is 0 Å². The minimum absolute atomic E-state index is 0.0207. The highest BCUT2D eigenvalue weighted by Crippen LogP contribution is 2.42. The molecule has 1 aromatic carbocycles. The predicted octanol–water partition coefficient (Wildman–Crippen LogP) is 4.28. The molecule has 0 unspecified atom stereocenters. The molecular formula is C18H12Cl2FN3O3. The number of hydrogen-bond donors (Lipinski definition) is 1. The van der Waals surface area contributed by atoms with E-state index in [1.165, 1.54) is 10.6 Å². The maximum atomic E-state index is 14.0. The van der Waals surface area contributed by atoms with Gasteiger partial charge < -0.3 is 14.4 Å². The molecule has 0 saturated heterocycles. The number of pyridine rings is 1. The lowest BCUT2D eigenvalue weighted by atomic mass is 10.1. The first-order valence-electron chi connectivity index (χ1n) is 7.81. The molecule has 0 saturated carbocycles. The van der Waals surface area contributed by atoms with E-state index < -0.39 is 23.2 Å². The lowest BCUT2D eigenvalue weighted by Crippen LogP contribution is -2.10. The number of esters is 1. The Bertz CT molecular complexity index is 1110. The van der Waals surface area contributed by atoms with E-state index in [-0.39, 0.29) is 39.9 Å². The van der Waals surface area contributed by atoms with E-state index in [1.807, 2.05) is 6.07 Å². The Morgan fingerprint density at radius 2 is 2.11 bits per heavy atom. The number of rotatable bonds is 4. The molecule has 9 heteroatoms. The summed E-state index contributed by atoms with van der Waals surface area (Å²) in [6.07, 6.45) is 0. The molecule has 6 nitrogen and oxygen atoms in total. The van der Waals surface area contributed by atoms with E-state index >= 15 is 0 Å². The Kier molecular flexibility index (Phi) is 5.22. The molecule has 0 fully saturated rings. The number of nitrogens with zero attached hydrogens (tertiary/aromatic N) is 3. The number of carbonyl (C=O) groups is 1. The van der Waals surface area contributed by atoms with Crippen molar-refractivity contribution in [1.82, 2.24) is 9.55 Å². The zero-order chi connectivity index (χ0) is 19.7. The van der Waals surface area contributed by atoms with Crippen LogP contribution >= 0.6 is 23.2 Å². The van der Waals surface area contributed by atoms with Crippen LogP contribution in [0.1, 0.15) is 28.7 Å². The molecule has 0 aliphatic rings. The van der Waals surface area contributed by atoms with Gasteiger partial charge >= 0.3 is 5.97 Å². The van der Waals surface area contributed by atoms with Crippen LogP contribution in [0.4, 0.5) is 4.39 Å². The highest BCUT2D eigenvalue weighted by Gasteiger charge is 2.27. The third-order valence-corrected chi connectivity index (χ3v) is 4.77. The van der Waals surface area contributed by atoms with Crippen LogP contribution in [0.25, 0.3) is 10.9 Å². The van der Waals surface area contributed by atoms with Gasteiger partial charge in [0.2, 0.25) is 0 Å². The fourth-order valence-electron chi connectivity index (χ4n) is 2.72. The molecule has 27 heavy (non-hydrogen) atoms. The number of fused-ring (bicyclic) bond motifs is 1. The summed E-state index contributed by atoms with van der Waals surface area (Å²) in [7, 11) is 0. The van der Waals surface area contributed by atoms with Crippen molar-refractivity contribution in [2.24, 2.45) is 0 Å². The molecule has 1 N–H and O–H groups in total. The molecule has 138 valence electrons. The van der Waals surface area contributed by atoms with E-state index in [0.29, 0.717) is 5.56 Å². The molecule has 0 atom stereocenters. The standard InChI is InChI=1S/C18H12Cl2FN3O3/c1-2-27-18(26)14-16(25)12-13(19)17(20)24(15(12)11(7-22)23-14)8-9-5-3-4-6-10(9)21/h3-6,25H,2,8H2,1H3. The summed E-state index contributed by atoms with van der Waals surface area (Å²) in [5.41, 5.74) is -0.245. The molecule has 0 aliphatic carbocycles. The van der Waals surface area contributed by atoms with Gasteiger partial charge in [-0.1, -0.05) is 41.4 Å². The molecule has 3 rings (SSSR count). The lowest BCUT2D eigenvalue weighted by molar-refractivity contribution is 0.0516. The van der Waals surface area contributed by atoms with Crippen molar-refractivity contribution in [3.63, 3.8) is 0 Å². The van der Waals surface area contributed by atoms with Gasteiger partial charge in [-0.2, -0.15) is 5.26 Å². The zero-order valence-electron chi connectivity index (χ0n) is 14.0. The lowest BCUT2D eigenvalue weighted by Gasteiger charge is -2.10. The summed E-state index contributed by atoms with van der Waals surface area (Å²) in [5, 5.41) is 19.9. The molecule has 2 aromatic heterocycles. The number of hydrogen-bond acceptors (Lipinski definition) is 5. The summed E-state index contributed by atoms with van der Waals surface area (Å²) in [6, 6.07) is 7.89. The summed E-state index contributed by atoms with van der Waals surface area (Å²) in [5.74, 6) is -1.92. The van der Waals surface area contributed by atoms with Crippen molar-refractivity contribution in [3.8, 4) is 11.8 Å². The minimum Gasteiger partial charge on any atom is -0.505 e. The molecular weight excluding hydrogens is 396 g/mol. The summed E-state index contributed by atoms with van der Waals surface area (Å²) < 4.78 is 20.3. The maximum Gasteiger partial charge on any atom is 0.360 e. The average molecular weight is 408 g/mol. The van der Waals surface area contributed by atoms with Crippen LogP contribution in [0.15, 0.2) is 24.3 Å². The Hall–Kier alpha value is -2.82. The van der Waals surface area contributed by atoms with Crippen LogP contribution in [0.5, 0.6) is 5.75 Å². The Labute approximate surface area is 163 Å². The number of aromatic nitrogens is 2. The average Bonchev–Trinajstić information content (AvgIpc) is 2.90. The van der Waals surface area contributed by atoms with E-state index in [9.17, 15) is 19.6 Å². The zero-order valence-corrected chi connectivity index (χ0v) is 15.5. The topological polar surface area (TPSA) is 88.1 Å². The second-order valence-electron chi connectivity index (χ2n) is 5.50. The van der Waals surface area contributed by atoms with Crippen molar-refractivity contribution in [2.45, 2.75) is 13.5 Å². The van der Waals surface area contributed by atoms with Crippen LogP contribution in [-0.2, 0) is 11.3 Å². The second kappa shape index (κ2) is 7.43. The maximum absolute atomic E-state index is 14.0. The predicted molar refractivity (Wildman–Crippen MR) is 97.6 cm³/mol. The van der Waals surface area contributed by atoms with E-state index in [4.69, 9.17) is 27.9 Å². The van der Waals surface area contributed by atoms with E-state index in [2.05, 4.69) is 4.98 Å². The van der Waals surface area contributed by atoms with Gasteiger partial charge in [-0.3, -0.25) is 0 Å². The fourth-order valence-corrected chi connectivity index (χ4v) is 3.24. The minimum atomic E-state index is -0.901. The van der Waals surface area contributed by atoms with Crippen LogP contribution in [0.2, 0.25) is 10.2 Å². The molecule has 0 spiro atoms. The van der Waals surface area contributed by atoms with Crippen LogP contribution in [-0.4, -0.2) is 27.2 Å². The molecule has 3 aromatic rings. The first-order chi connectivity index (χ1) is 12.9. The Morgan fingerprint density at radius 3 is 2.74 bits per heavy atom. The fraction of sp³-hybridized carbons (Fsp3) is 0.167. The molecule has 0 aliphatic heterocycles. The quantitative estimate of drug-likeness (QED) is 0.651. The first-order valence-corrected chi connectivity index (χ1v) is 8.57. The smallest absolute Gasteiger partial charge is 0.360 e. The van der Waals surface area contributed by atoms with Crippen molar-refractivity contribution >= 4 is 40.1 Å². The Morgan fingerprint density at radius 1 is 1.41 bits per heavy atom. The molecule has 0 bridgehead atoms. The van der Waals surface area contributed by atoms with Crippen molar-refractivity contribution < 1.29 is 19.0 Å². The highest BCUT2D eigenvalue weighted by atomic mass is 35.5. The van der Waals surface area contributed by atoms with Gasteiger partial charge in [0, 0.05) is 5.56 Å². The first kappa shape index (κ1) is 19.0. The number of carbonyl (C=O) groups excluding carboxylic acids is 1. The normalized spacial score (nSPS) is 10.8. The summed E-state index contributed by atoms with van der Waals surface area (Å²) in [6.45, 7) is 1.60. The number of nitriles is 1. The second-order valence-corrected chi connectivity index (χ2v) is 6.23. The van der Waals surface area contributed by atoms with E-state index in [0.717, 1.165) is 0 Å². The molecule has 2 heterocycles. The number of halogens is 3. The van der Waals surface area contributed by atoms with Gasteiger partial charge in [-0.05, 0) is 13.0 Å². The van der Waals surface area contributed by atoms with Gasteiger partial charge in [-0.15, -0.1) is 0 Å². The number of benzene rings is 1. The number of ether oxygens (including phenoxy) is 1. The van der Waals surface area contributed by atoms with Crippen molar-refractivity contribution in [2.75, 3.05) is 6.61 Å². The number of aromatic hydroxyl groups is 1. The van der Waals surface area contributed by atoms with Gasteiger partial charge in [0.05, 0.1) is 29.1 Å². The third kappa shape index (κ3) is 3.18. The Balaban J connectivity index is 2.30. The van der Waals surface area contributed by atoms with Gasteiger partial charge in [0.15, 0.2) is 17.1 Å². The van der Waals surface area contributed by atoms with Crippen molar-refractivity contribution in [3.05, 3.63) is 57.2 Å².